The lowest BCUT2D eigenvalue weighted by Crippen LogP contribution is -2.47. The first-order valence-corrected chi connectivity index (χ1v) is 13.6. The van der Waals surface area contributed by atoms with Gasteiger partial charge in [-0.2, -0.15) is 0 Å². The predicted octanol–water partition coefficient (Wildman–Crippen LogP) is 5.11. The van der Waals surface area contributed by atoms with Gasteiger partial charge in [-0.25, -0.2) is 4.79 Å². The van der Waals surface area contributed by atoms with Gasteiger partial charge in [-0.1, -0.05) is 33.8 Å². The smallest absolute Gasteiger partial charge is 0.348 e. The summed E-state index contributed by atoms with van der Waals surface area (Å²) in [4.78, 5) is 48.3. The van der Waals surface area contributed by atoms with E-state index >= 15 is 0 Å². The predicted molar refractivity (Wildman–Crippen MR) is 139 cm³/mol. The van der Waals surface area contributed by atoms with Gasteiger partial charge in [0, 0.05) is 36.3 Å². The average molecular weight is 500 g/mol. The number of hydrogen-bond acceptors (Lipinski definition) is 5. The van der Waals surface area contributed by atoms with Gasteiger partial charge in [-0.05, 0) is 55.9 Å². The number of rotatable bonds is 5. The molecule has 2 fully saturated rings. The number of thiophene rings is 1. The summed E-state index contributed by atoms with van der Waals surface area (Å²) in [6, 6.07) is 1.67. The highest BCUT2D eigenvalue weighted by atomic mass is 32.1. The largest absolute Gasteiger partial charge is 0.477 e. The summed E-state index contributed by atoms with van der Waals surface area (Å²) in [6.45, 7) is 9.36. The summed E-state index contributed by atoms with van der Waals surface area (Å²) in [5.41, 5.74) is 0.269. The lowest BCUT2D eigenvalue weighted by atomic mass is 9.82. The number of hydrogen-bond donors (Lipinski definition) is 1. The number of aromatic carboxylic acids is 1. The van der Waals surface area contributed by atoms with E-state index in [9.17, 15) is 19.5 Å². The van der Waals surface area contributed by atoms with Crippen LogP contribution in [0.5, 0.6) is 0 Å². The molecule has 2 atom stereocenters. The molecule has 3 aliphatic rings. The van der Waals surface area contributed by atoms with Gasteiger partial charge in [-0.3, -0.25) is 14.6 Å². The quantitative estimate of drug-likeness (QED) is 0.610. The highest BCUT2D eigenvalue weighted by molar-refractivity contribution is 7.14. The molecular formula is C27H37N3O4S. The van der Waals surface area contributed by atoms with E-state index in [1.807, 2.05) is 17.0 Å². The zero-order valence-electron chi connectivity index (χ0n) is 21.2. The lowest BCUT2D eigenvalue weighted by molar-refractivity contribution is -0.132. The third-order valence-electron chi connectivity index (χ3n) is 7.51. The van der Waals surface area contributed by atoms with Crippen LogP contribution in [-0.2, 0) is 15.0 Å². The Kier molecular flexibility index (Phi) is 7.50. The van der Waals surface area contributed by atoms with Crippen molar-refractivity contribution in [1.82, 2.24) is 4.90 Å². The molecule has 8 heteroatoms. The fraction of sp³-hybridized carbons (Fsp3) is 0.630. The molecule has 3 heterocycles. The lowest BCUT2D eigenvalue weighted by Gasteiger charge is -2.35. The summed E-state index contributed by atoms with van der Waals surface area (Å²) in [6.07, 6.45) is 10.2. The maximum atomic E-state index is 14.0. The second-order valence-electron chi connectivity index (χ2n) is 11.3. The molecule has 4 rings (SSSR count). The number of carboxylic acid groups (broad SMARTS) is 1. The molecule has 0 aromatic carbocycles. The van der Waals surface area contributed by atoms with Crippen LogP contribution in [0.15, 0.2) is 23.3 Å². The molecule has 190 valence electrons. The van der Waals surface area contributed by atoms with Gasteiger partial charge in [0.25, 0.3) is 0 Å². The van der Waals surface area contributed by atoms with Crippen molar-refractivity contribution in [2.45, 2.75) is 77.7 Å². The van der Waals surface area contributed by atoms with Gasteiger partial charge in [-0.15, -0.1) is 11.3 Å². The summed E-state index contributed by atoms with van der Waals surface area (Å²) in [5.74, 6) is -0.733. The Morgan fingerprint density at radius 3 is 2.46 bits per heavy atom. The zero-order valence-corrected chi connectivity index (χ0v) is 22.0. The van der Waals surface area contributed by atoms with E-state index < -0.39 is 5.97 Å². The molecule has 1 aromatic heterocycles. The Hall–Kier alpha value is -2.48. The summed E-state index contributed by atoms with van der Waals surface area (Å²) < 4.78 is 0. The maximum Gasteiger partial charge on any atom is 0.348 e. The minimum Gasteiger partial charge on any atom is -0.477 e. The summed E-state index contributed by atoms with van der Waals surface area (Å²) in [5, 5.41) is 10.1. The van der Waals surface area contributed by atoms with E-state index in [0.29, 0.717) is 37.5 Å². The van der Waals surface area contributed by atoms with Gasteiger partial charge >= 0.3 is 5.97 Å². The maximum absolute atomic E-state index is 14.0. The van der Waals surface area contributed by atoms with Crippen molar-refractivity contribution in [1.29, 1.82) is 0 Å². The number of carboxylic acids is 1. The average Bonchev–Trinajstić information content (AvgIpc) is 3.48. The molecule has 2 amide bonds. The molecule has 2 unspecified atom stereocenters. The third-order valence-corrected chi connectivity index (χ3v) is 9.05. The number of amides is 2. The fourth-order valence-electron chi connectivity index (χ4n) is 5.32. The number of nitrogens with zero attached hydrogens (tertiary/aromatic N) is 3. The first-order valence-electron chi connectivity index (χ1n) is 12.7. The highest BCUT2D eigenvalue weighted by Crippen LogP contribution is 2.41. The van der Waals surface area contributed by atoms with Crippen molar-refractivity contribution < 1.29 is 19.5 Å². The molecule has 1 aliphatic carbocycles. The van der Waals surface area contributed by atoms with Crippen LogP contribution >= 0.6 is 11.3 Å². The number of aliphatic imine (C=N–C) groups is 1. The topological polar surface area (TPSA) is 90.3 Å². The molecule has 1 N–H and O–H groups in total. The molecule has 1 saturated heterocycles. The fourth-order valence-corrected chi connectivity index (χ4v) is 6.36. The SMILES string of the molecule is CC1CCC(C(=O)N(c2cc(C(C)(C)C)sc2C(=O)O)C2CCN(C(=O)C3C=NC=CC3)C2)CC1. The van der Waals surface area contributed by atoms with E-state index in [1.54, 1.807) is 17.3 Å². The Labute approximate surface area is 211 Å². The first-order chi connectivity index (χ1) is 16.6. The van der Waals surface area contributed by atoms with Crippen LogP contribution in [0.4, 0.5) is 5.69 Å². The van der Waals surface area contributed by atoms with Gasteiger partial charge < -0.3 is 14.9 Å². The second-order valence-corrected chi connectivity index (χ2v) is 12.3. The van der Waals surface area contributed by atoms with Crippen LogP contribution in [0.25, 0.3) is 0 Å². The molecule has 2 aliphatic heterocycles. The van der Waals surface area contributed by atoms with Crippen LogP contribution in [-0.4, -0.2) is 53.1 Å². The van der Waals surface area contributed by atoms with Gasteiger partial charge in [0.05, 0.1) is 17.6 Å². The Morgan fingerprint density at radius 1 is 1.14 bits per heavy atom. The van der Waals surface area contributed by atoms with Crippen molar-refractivity contribution in [3.05, 3.63) is 28.1 Å². The standard InChI is InChI=1S/C27H37N3O4S/c1-17-7-9-18(10-8-17)25(32)30(21-14-22(27(2,3)4)35-23(21)26(33)34)20-11-13-29(16-20)24(31)19-6-5-12-28-15-19/h5,12,14-15,17-20H,6-11,13,16H2,1-4H3,(H,33,34). The molecule has 1 aromatic rings. The number of likely N-dealkylation sites (tertiary alicyclic amines) is 1. The number of anilines is 1. The third kappa shape index (κ3) is 5.52. The van der Waals surface area contributed by atoms with Crippen LogP contribution < -0.4 is 4.90 Å². The van der Waals surface area contributed by atoms with E-state index in [4.69, 9.17) is 0 Å². The number of carbonyl (C=O) groups is 3. The zero-order chi connectivity index (χ0) is 25.3. The van der Waals surface area contributed by atoms with Crippen LogP contribution in [0.3, 0.4) is 0 Å². The monoisotopic (exact) mass is 499 g/mol. The molecule has 0 bridgehead atoms. The van der Waals surface area contributed by atoms with Crippen LogP contribution in [0, 0.1) is 17.8 Å². The number of allylic oxidation sites excluding steroid dienone is 1. The Morgan fingerprint density at radius 2 is 1.86 bits per heavy atom. The van der Waals surface area contributed by atoms with Gasteiger partial charge in [0.2, 0.25) is 11.8 Å². The summed E-state index contributed by atoms with van der Waals surface area (Å²) in [7, 11) is 0. The van der Waals surface area contributed by atoms with Crippen LogP contribution in [0.2, 0.25) is 0 Å². The van der Waals surface area contributed by atoms with Crippen LogP contribution in [0.1, 0.15) is 80.8 Å². The first kappa shape index (κ1) is 25.6. The van der Waals surface area contributed by atoms with Crippen molar-refractivity contribution in [3.63, 3.8) is 0 Å². The Balaban J connectivity index is 1.65. The van der Waals surface area contributed by atoms with Crippen molar-refractivity contribution in [2.24, 2.45) is 22.7 Å². The van der Waals surface area contributed by atoms with Gasteiger partial charge in [0.15, 0.2) is 0 Å². The van der Waals surface area contributed by atoms with E-state index in [1.165, 1.54) is 11.3 Å². The van der Waals surface area contributed by atoms with Crippen molar-refractivity contribution >= 4 is 41.0 Å². The number of carbonyl (C=O) groups excluding carboxylic acids is 2. The van der Waals surface area contributed by atoms with Gasteiger partial charge in [0.1, 0.15) is 4.88 Å². The normalized spacial score (nSPS) is 26.7. The second kappa shape index (κ2) is 10.2. The van der Waals surface area contributed by atoms with E-state index in [0.717, 1.165) is 30.6 Å². The molecule has 7 nitrogen and oxygen atoms in total. The highest BCUT2D eigenvalue weighted by Gasteiger charge is 2.40. The van der Waals surface area contributed by atoms with Crippen molar-refractivity contribution in [3.8, 4) is 0 Å². The van der Waals surface area contributed by atoms with E-state index in [2.05, 4.69) is 32.7 Å². The molecular weight excluding hydrogens is 462 g/mol. The minimum absolute atomic E-state index is 0.0131. The Bertz CT molecular complexity index is 1030. The van der Waals surface area contributed by atoms with Crippen molar-refractivity contribution in [2.75, 3.05) is 18.0 Å². The molecule has 35 heavy (non-hydrogen) atoms. The minimum atomic E-state index is -1.01. The molecule has 1 saturated carbocycles. The van der Waals surface area contributed by atoms with E-state index in [-0.39, 0.29) is 40.0 Å². The summed E-state index contributed by atoms with van der Waals surface area (Å²) >= 11 is 1.26. The molecule has 0 radical (unpaired) electrons. The molecule has 0 spiro atoms.